The topological polar surface area (TPSA) is 55.8 Å². The molecule has 3 aliphatic rings. The molecule has 1 saturated carbocycles. The number of carbonyl (C=O) groups excluding carboxylic acids is 2. The number of hydrogen-bond acceptors (Lipinski definition) is 4. The van der Waals surface area contributed by atoms with Gasteiger partial charge in [-0.3, -0.25) is 4.79 Å². The molecule has 0 spiro atoms. The molecule has 3 atom stereocenters. The maximum atomic E-state index is 12.2. The number of hydrogen-bond donors (Lipinski definition) is 0. The fourth-order valence-electron chi connectivity index (χ4n) is 2.99. The maximum Gasteiger partial charge on any atom is 0.328 e. The lowest BCUT2D eigenvalue weighted by atomic mass is 9.98. The van der Waals surface area contributed by atoms with E-state index in [1.165, 1.54) is 7.11 Å². The van der Waals surface area contributed by atoms with Gasteiger partial charge in [-0.15, -0.1) is 0 Å². The van der Waals surface area contributed by atoms with Gasteiger partial charge >= 0.3 is 5.97 Å². The number of esters is 1. The van der Waals surface area contributed by atoms with Crippen molar-refractivity contribution in [1.82, 2.24) is 4.90 Å². The first-order valence-corrected chi connectivity index (χ1v) is 6.20. The van der Waals surface area contributed by atoms with Gasteiger partial charge in [-0.25, -0.2) is 4.79 Å². The SMILES string of the molecule is COC(=O)[C@H]1[C@@H]2COC[C@@H](C2)N1C(=O)C1CC1. The molecule has 2 heterocycles. The smallest absolute Gasteiger partial charge is 0.328 e. The average Bonchev–Trinajstić information content (AvgIpc) is 3.15. The first kappa shape index (κ1) is 11.0. The first-order valence-electron chi connectivity index (χ1n) is 6.20. The number of nitrogens with zero attached hydrogens (tertiary/aromatic N) is 1. The summed E-state index contributed by atoms with van der Waals surface area (Å²) in [7, 11) is 1.38. The van der Waals surface area contributed by atoms with Crippen molar-refractivity contribution >= 4 is 11.9 Å². The van der Waals surface area contributed by atoms with Gasteiger partial charge in [0.15, 0.2) is 0 Å². The summed E-state index contributed by atoms with van der Waals surface area (Å²) in [4.78, 5) is 25.8. The normalized spacial score (nSPS) is 35.8. The number of ether oxygens (including phenoxy) is 2. The largest absolute Gasteiger partial charge is 0.467 e. The van der Waals surface area contributed by atoms with Crippen LogP contribution in [0, 0.1) is 11.8 Å². The van der Waals surface area contributed by atoms with Crippen molar-refractivity contribution in [2.45, 2.75) is 31.3 Å². The minimum Gasteiger partial charge on any atom is -0.467 e. The molecule has 2 bridgehead atoms. The zero-order valence-corrected chi connectivity index (χ0v) is 9.93. The fraction of sp³-hybridized carbons (Fsp3) is 0.833. The van der Waals surface area contributed by atoms with Gasteiger partial charge in [0.05, 0.1) is 26.4 Å². The van der Waals surface area contributed by atoms with Crippen LogP contribution in [0.15, 0.2) is 0 Å². The van der Waals surface area contributed by atoms with E-state index in [9.17, 15) is 9.59 Å². The summed E-state index contributed by atoms with van der Waals surface area (Å²) >= 11 is 0. The second-order valence-corrected chi connectivity index (χ2v) is 5.17. The lowest BCUT2D eigenvalue weighted by Gasteiger charge is -2.27. The van der Waals surface area contributed by atoms with E-state index in [0.29, 0.717) is 13.2 Å². The lowest BCUT2D eigenvalue weighted by molar-refractivity contribution is -0.153. The Kier molecular flexibility index (Phi) is 2.58. The van der Waals surface area contributed by atoms with Crippen molar-refractivity contribution in [1.29, 1.82) is 0 Å². The Bertz CT molecular complexity index is 352. The number of rotatable bonds is 2. The minimum atomic E-state index is -0.416. The van der Waals surface area contributed by atoms with E-state index >= 15 is 0 Å². The van der Waals surface area contributed by atoms with E-state index in [2.05, 4.69) is 0 Å². The molecule has 94 valence electrons. The molecule has 5 nitrogen and oxygen atoms in total. The third-order valence-corrected chi connectivity index (χ3v) is 3.98. The summed E-state index contributed by atoms with van der Waals surface area (Å²) in [5, 5.41) is 0. The maximum absolute atomic E-state index is 12.2. The van der Waals surface area contributed by atoms with Gasteiger partial charge in [-0.05, 0) is 19.3 Å². The lowest BCUT2D eigenvalue weighted by Crippen LogP contribution is -2.47. The molecule has 0 N–H and O–H groups in total. The Hall–Kier alpha value is -1.10. The fourth-order valence-corrected chi connectivity index (χ4v) is 2.99. The predicted octanol–water partition coefficient (Wildman–Crippen LogP) is 0.185. The van der Waals surface area contributed by atoms with Crippen molar-refractivity contribution in [3.8, 4) is 0 Å². The van der Waals surface area contributed by atoms with Crippen molar-refractivity contribution in [3.05, 3.63) is 0 Å². The van der Waals surface area contributed by atoms with Gasteiger partial charge in [0.25, 0.3) is 0 Å². The third kappa shape index (κ3) is 1.73. The summed E-state index contributed by atoms with van der Waals surface area (Å²) in [5.41, 5.74) is 0. The van der Waals surface area contributed by atoms with E-state index in [0.717, 1.165) is 19.3 Å². The Morgan fingerprint density at radius 3 is 2.71 bits per heavy atom. The zero-order valence-electron chi connectivity index (χ0n) is 9.93. The van der Waals surface area contributed by atoms with Crippen LogP contribution in [0.25, 0.3) is 0 Å². The van der Waals surface area contributed by atoms with Crippen LogP contribution in [0.3, 0.4) is 0 Å². The van der Waals surface area contributed by atoms with Gasteiger partial charge in [0.2, 0.25) is 5.91 Å². The number of methoxy groups -OCH3 is 1. The highest BCUT2D eigenvalue weighted by Gasteiger charge is 2.52. The number of likely N-dealkylation sites (tertiary alicyclic amines) is 1. The Balaban J connectivity index is 1.86. The van der Waals surface area contributed by atoms with E-state index in [4.69, 9.17) is 9.47 Å². The van der Waals surface area contributed by atoms with Crippen molar-refractivity contribution in [2.24, 2.45) is 11.8 Å². The summed E-state index contributed by atoms with van der Waals surface area (Å²) in [5.74, 6) is 0.0841. The Labute approximate surface area is 100 Å². The van der Waals surface area contributed by atoms with Gasteiger partial charge in [-0.1, -0.05) is 0 Å². The number of carbonyl (C=O) groups is 2. The molecule has 3 rings (SSSR count). The average molecular weight is 239 g/mol. The molecule has 0 aromatic rings. The van der Waals surface area contributed by atoms with Gasteiger partial charge in [0, 0.05) is 11.8 Å². The van der Waals surface area contributed by atoms with Crippen LogP contribution in [-0.4, -0.2) is 49.2 Å². The molecule has 1 aliphatic carbocycles. The molecule has 1 amide bonds. The Morgan fingerprint density at radius 1 is 1.29 bits per heavy atom. The Morgan fingerprint density at radius 2 is 2.06 bits per heavy atom. The minimum absolute atomic E-state index is 0.0750. The van der Waals surface area contributed by atoms with Crippen molar-refractivity contribution in [2.75, 3.05) is 20.3 Å². The van der Waals surface area contributed by atoms with E-state index < -0.39 is 6.04 Å². The predicted molar refractivity (Wildman–Crippen MR) is 58.1 cm³/mol. The zero-order chi connectivity index (χ0) is 12.0. The highest BCUT2D eigenvalue weighted by atomic mass is 16.5. The van der Waals surface area contributed by atoms with Crippen LogP contribution >= 0.6 is 0 Å². The first-order chi connectivity index (χ1) is 8.22. The quantitative estimate of drug-likeness (QED) is 0.645. The summed E-state index contributed by atoms with van der Waals surface area (Å²) < 4.78 is 10.3. The van der Waals surface area contributed by atoms with Crippen LogP contribution < -0.4 is 0 Å². The molecule has 17 heavy (non-hydrogen) atoms. The van der Waals surface area contributed by atoms with Gasteiger partial charge in [0.1, 0.15) is 6.04 Å². The van der Waals surface area contributed by atoms with E-state index in [1.807, 2.05) is 0 Å². The number of fused-ring (bicyclic) bond motifs is 2. The highest BCUT2D eigenvalue weighted by molar-refractivity contribution is 5.88. The summed E-state index contributed by atoms with van der Waals surface area (Å²) in [6.45, 7) is 1.12. The summed E-state index contributed by atoms with van der Waals surface area (Å²) in [6.07, 6.45) is 2.79. The molecular weight excluding hydrogens is 222 g/mol. The van der Waals surface area contributed by atoms with E-state index in [-0.39, 0.29) is 29.8 Å². The molecule has 5 heteroatoms. The second kappa shape index (κ2) is 3.98. The highest BCUT2D eigenvalue weighted by Crippen LogP contribution is 2.40. The van der Waals surface area contributed by atoms with Crippen LogP contribution in [0.1, 0.15) is 19.3 Å². The van der Waals surface area contributed by atoms with Crippen LogP contribution in [-0.2, 0) is 19.1 Å². The van der Waals surface area contributed by atoms with Crippen molar-refractivity contribution in [3.63, 3.8) is 0 Å². The van der Waals surface area contributed by atoms with E-state index in [1.54, 1.807) is 4.90 Å². The standard InChI is InChI=1S/C12H17NO4/c1-16-12(15)10-8-4-9(6-17-5-8)13(10)11(14)7-2-3-7/h7-10H,2-6H2,1H3/t8-,9+,10+/m0/s1. The van der Waals surface area contributed by atoms with Crippen molar-refractivity contribution < 1.29 is 19.1 Å². The summed E-state index contributed by atoms with van der Waals surface area (Å²) in [6, 6.07) is -0.341. The molecule has 0 aromatic carbocycles. The third-order valence-electron chi connectivity index (χ3n) is 3.98. The van der Waals surface area contributed by atoms with Crippen LogP contribution in [0.5, 0.6) is 0 Å². The van der Waals surface area contributed by atoms with Gasteiger partial charge < -0.3 is 14.4 Å². The van der Waals surface area contributed by atoms with Crippen LogP contribution in [0.2, 0.25) is 0 Å². The molecular formula is C12H17NO4. The van der Waals surface area contributed by atoms with Gasteiger partial charge in [-0.2, -0.15) is 0 Å². The molecule has 0 radical (unpaired) electrons. The monoisotopic (exact) mass is 239 g/mol. The molecule has 2 saturated heterocycles. The number of amides is 1. The molecule has 2 aliphatic heterocycles. The van der Waals surface area contributed by atoms with Crippen LogP contribution in [0.4, 0.5) is 0 Å². The molecule has 0 aromatic heterocycles. The molecule has 0 unspecified atom stereocenters. The molecule has 3 fully saturated rings. The second-order valence-electron chi connectivity index (χ2n) is 5.17.